The van der Waals surface area contributed by atoms with Crippen LogP contribution in [0.25, 0.3) is 109 Å². The van der Waals surface area contributed by atoms with Crippen LogP contribution in [-0.2, 0) is 0 Å². The molecule has 13 aromatic carbocycles. The van der Waals surface area contributed by atoms with Crippen LogP contribution in [0.1, 0.15) is 0 Å². The molecular weight excluding hydrogens is 917 g/mol. The summed E-state index contributed by atoms with van der Waals surface area (Å²) in [5.74, 6) is 1.60. The average Bonchev–Trinajstić information content (AvgIpc) is 4.09. The van der Waals surface area contributed by atoms with Crippen molar-refractivity contribution < 1.29 is 13.6 Å². The van der Waals surface area contributed by atoms with Gasteiger partial charge in [-0.3, -0.25) is 0 Å². The van der Waals surface area contributed by atoms with Crippen molar-refractivity contribution in [3.63, 3.8) is 0 Å². The van der Waals surface area contributed by atoms with Crippen LogP contribution in [0.2, 0.25) is 0 Å². The third-order valence-electron chi connectivity index (χ3n) is 15.3. The minimum Gasteiger partial charge on any atom is -0.456 e. The number of hydrogen-bond donors (Lipinski definition) is 0. The highest BCUT2D eigenvalue weighted by atomic mass is 16.5. The van der Waals surface area contributed by atoms with Gasteiger partial charge in [0.1, 0.15) is 22.7 Å². The number of furan rings is 2. The summed E-state index contributed by atoms with van der Waals surface area (Å²) in [6, 6.07) is 90.9. The highest BCUT2D eigenvalue weighted by Crippen LogP contribution is 2.55. The molecule has 0 N–H and O–H groups in total. The van der Waals surface area contributed by atoms with Gasteiger partial charge in [0.2, 0.25) is 0 Å². The van der Waals surface area contributed by atoms with Crippen LogP contribution < -0.4 is 14.5 Å². The number of anilines is 6. The maximum Gasteiger partial charge on any atom is 0.159 e. The Hall–Kier alpha value is -10.1. The van der Waals surface area contributed by atoms with Gasteiger partial charge in [-0.25, -0.2) is 0 Å². The van der Waals surface area contributed by atoms with Gasteiger partial charge in [-0.2, -0.15) is 0 Å². The lowest BCUT2D eigenvalue weighted by Crippen LogP contribution is -2.12. The topological polar surface area (TPSA) is 42.0 Å². The lowest BCUT2D eigenvalue weighted by molar-refractivity contribution is 0.493. The molecule has 5 heteroatoms. The summed E-state index contributed by atoms with van der Waals surface area (Å²) in [6.07, 6.45) is 0. The Bertz CT molecular complexity index is 4760. The first-order valence-electron chi connectivity index (χ1n) is 25.5. The zero-order valence-electron chi connectivity index (χ0n) is 40.4. The van der Waals surface area contributed by atoms with E-state index < -0.39 is 0 Å². The first-order chi connectivity index (χ1) is 37.2. The average molecular weight is 959 g/mol. The van der Waals surface area contributed by atoms with E-state index in [1.54, 1.807) is 0 Å². The molecule has 75 heavy (non-hydrogen) atoms. The second-order valence-electron chi connectivity index (χ2n) is 19.6. The number of rotatable bonds is 8. The van der Waals surface area contributed by atoms with Crippen LogP contribution in [-0.4, -0.2) is 0 Å². The van der Waals surface area contributed by atoms with Gasteiger partial charge < -0.3 is 23.4 Å². The molecule has 0 bridgehead atoms. The highest BCUT2D eigenvalue weighted by Gasteiger charge is 2.29. The summed E-state index contributed by atoms with van der Waals surface area (Å²) < 4.78 is 21.0. The first kappa shape index (κ1) is 41.5. The molecule has 2 aromatic heterocycles. The summed E-state index contributed by atoms with van der Waals surface area (Å²) >= 11 is 0. The third kappa shape index (κ3) is 6.38. The zero-order chi connectivity index (χ0) is 49.1. The predicted molar refractivity (Wildman–Crippen MR) is 311 cm³/mol. The summed E-state index contributed by atoms with van der Waals surface area (Å²) in [5.41, 5.74) is 13.8. The number of para-hydroxylation sites is 4. The Labute approximate surface area is 430 Å². The van der Waals surface area contributed by atoms with Gasteiger partial charge in [-0.05, 0) is 105 Å². The van der Waals surface area contributed by atoms with Gasteiger partial charge in [-0.1, -0.05) is 182 Å². The molecule has 0 unspecified atom stereocenters. The molecule has 0 radical (unpaired) electrons. The summed E-state index contributed by atoms with van der Waals surface area (Å²) in [6.45, 7) is 0. The molecular formula is C70H42N2O3. The zero-order valence-corrected chi connectivity index (χ0v) is 40.4. The standard InChI is InChI=1S/C70H42N2O3/c1-3-17-43(18-4-1)48-37-49(44-19-5-2-6-20-44)40-50(39-48)72(60-31-15-27-56-54-25-10-12-33-63(54)75-70(56)60)61-41-47-36-35-46-38-51(42-65-66(46)67(47)68-57(61)28-16-34-64(68)73-65)71(58-29-13-22-45-21-7-8-23-52(45)58)59-30-14-26-55-53-24-9-11-32-62(53)74-69(55)59/h1-42H. The van der Waals surface area contributed by atoms with E-state index in [0.717, 1.165) is 155 Å². The lowest BCUT2D eigenvalue weighted by Gasteiger charge is -2.31. The molecule has 0 saturated heterocycles. The van der Waals surface area contributed by atoms with E-state index in [2.05, 4.69) is 246 Å². The quantitative estimate of drug-likeness (QED) is 0.142. The van der Waals surface area contributed by atoms with Crippen molar-refractivity contribution in [3.8, 4) is 33.8 Å². The van der Waals surface area contributed by atoms with Crippen molar-refractivity contribution >= 4 is 121 Å². The van der Waals surface area contributed by atoms with Crippen LogP contribution in [0, 0.1) is 0 Å². The smallest absolute Gasteiger partial charge is 0.159 e. The van der Waals surface area contributed by atoms with Crippen LogP contribution in [0.4, 0.5) is 34.1 Å². The predicted octanol–water partition coefficient (Wildman–Crippen LogP) is 20.5. The fourth-order valence-corrected chi connectivity index (χ4v) is 12.0. The van der Waals surface area contributed by atoms with E-state index in [1.165, 1.54) is 0 Å². The van der Waals surface area contributed by atoms with Gasteiger partial charge >= 0.3 is 0 Å². The van der Waals surface area contributed by atoms with Crippen molar-refractivity contribution in [2.45, 2.75) is 0 Å². The number of ether oxygens (including phenoxy) is 1. The highest BCUT2D eigenvalue weighted by molar-refractivity contribution is 6.29. The molecule has 0 atom stereocenters. The molecule has 3 heterocycles. The van der Waals surface area contributed by atoms with Crippen molar-refractivity contribution in [2.24, 2.45) is 0 Å². The first-order valence-corrected chi connectivity index (χ1v) is 25.5. The van der Waals surface area contributed by atoms with Gasteiger partial charge in [0.25, 0.3) is 0 Å². The monoisotopic (exact) mass is 958 g/mol. The molecule has 0 fully saturated rings. The molecule has 1 aliphatic rings. The SMILES string of the molecule is c1ccc(-c2cc(-c3ccccc3)cc(N(c3cc4ccc5cc(N(c6cccc7ccccc67)c6cccc7c6oc6ccccc67)cc6c5c4c4c(cccc34)O6)c3cccc4c3oc3ccccc34)c2)cc1. The van der Waals surface area contributed by atoms with Crippen molar-refractivity contribution in [3.05, 3.63) is 255 Å². The van der Waals surface area contributed by atoms with Crippen LogP contribution in [0.5, 0.6) is 11.5 Å². The molecule has 0 amide bonds. The van der Waals surface area contributed by atoms with Gasteiger partial charge in [0.05, 0.1) is 28.4 Å². The Balaban J connectivity index is 0.957. The number of hydrogen-bond acceptors (Lipinski definition) is 5. The van der Waals surface area contributed by atoms with Crippen molar-refractivity contribution in [1.82, 2.24) is 0 Å². The molecule has 0 spiro atoms. The summed E-state index contributed by atoms with van der Waals surface area (Å²) in [4.78, 5) is 4.76. The maximum atomic E-state index is 7.29. The molecule has 350 valence electrons. The Morgan fingerprint density at radius 2 is 0.747 bits per heavy atom. The fraction of sp³-hybridized carbons (Fsp3) is 0. The molecule has 1 aliphatic heterocycles. The van der Waals surface area contributed by atoms with E-state index in [-0.39, 0.29) is 0 Å². The lowest BCUT2D eigenvalue weighted by atomic mass is 9.91. The van der Waals surface area contributed by atoms with Crippen LogP contribution in [0.3, 0.4) is 0 Å². The van der Waals surface area contributed by atoms with Crippen LogP contribution >= 0.6 is 0 Å². The van der Waals surface area contributed by atoms with E-state index in [1.807, 2.05) is 18.2 Å². The van der Waals surface area contributed by atoms with Crippen molar-refractivity contribution in [2.75, 3.05) is 9.80 Å². The maximum absolute atomic E-state index is 7.29. The van der Waals surface area contributed by atoms with E-state index in [4.69, 9.17) is 13.6 Å². The van der Waals surface area contributed by atoms with Gasteiger partial charge in [-0.15, -0.1) is 0 Å². The van der Waals surface area contributed by atoms with Crippen molar-refractivity contribution in [1.29, 1.82) is 0 Å². The third-order valence-corrected chi connectivity index (χ3v) is 15.3. The number of fused-ring (bicyclic) bond motifs is 7. The largest absolute Gasteiger partial charge is 0.456 e. The normalized spacial score (nSPS) is 12.1. The molecule has 15 aromatic rings. The molecule has 16 rings (SSSR count). The number of nitrogens with zero attached hydrogens (tertiary/aromatic N) is 2. The molecule has 0 aliphatic carbocycles. The Kier molecular flexibility index (Phi) is 8.97. The van der Waals surface area contributed by atoms with Gasteiger partial charge in [0.15, 0.2) is 11.2 Å². The Morgan fingerprint density at radius 1 is 0.253 bits per heavy atom. The van der Waals surface area contributed by atoms with Crippen LogP contribution in [0.15, 0.2) is 264 Å². The fourth-order valence-electron chi connectivity index (χ4n) is 12.0. The van der Waals surface area contributed by atoms with E-state index in [9.17, 15) is 0 Å². The minimum absolute atomic E-state index is 0.801. The van der Waals surface area contributed by atoms with Gasteiger partial charge in [0, 0.05) is 60.2 Å². The van der Waals surface area contributed by atoms with E-state index in [0.29, 0.717) is 0 Å². The number of benzene rings is 13. The molecule has 0 saturated carbocycles. The molecule has 5 nitrogen and oxygen atoms in total. The minimum atomic E-state index is 0.801. The van der Waals surface area contributed by atoms with E-state index >= 15 is 0 Å². The second kappa shape index (κ2) is 16.2. The Morgan fingerprint density at radius 3 is 1.41 bits per heavy atom. The summed E-state index contributed by atoms with van der Waals surface area (Å²) in [7, 11) is 0. The second-order valence-corrected chi connectivity index (χ2v) is 19.6. The summed E-state index contributed by atoms with van der Waals surface area (Å²) in [5, 5.41) is 13.1.